The summed E-state index contributed by atoms with van der Waals surface area (Å²) in [5.41, 5.74) is 1.85. The molecule has 2 atom stereocenters. The van der Waals surface area contributed by atoms with Crippen molar-refractivity contribution in [2.45, 2.75) is 101 Å². The Balaban J connectivity index is 1.10. The van der Waals surface area contributed by atoms with Gasteiger partial charge >= 0.3 is 11.9 Å². The molecule has 0 unspecified atom stereocenters. The Kier molecular flexibility index (Phi) is 6.79. The van der Waals surface area contributed by atoms with E-state index in [-0.39, 0.29) is 40.5 Å². The zero-order valence-corrected chi connectivity index (χ0v) is 24.4. The molecule has 1 aliphatic heterocycles. The van der Waals surface area contributed by atoms with E-state index in [0.717, 1.165) is 55.9 Å². The van der Waals surface area contributed by atoms with E-state index in [2.05, 4.69) is 22.0 Å². The van der Waals surface area contributed by atoms with E-state index in [1.807, 2.05) is 0 Å². The fourth-order valence-corrected chi connectivity index (χ4v) is 8.51. The van der Waals surface area contributed by atoms with Crippen LogP contribution in [0.2, 0.25) is 0 Å². The van der Waals surface area contributed by atoms with Gasteiger partial charge in [-0.2, -0.15) is 0 Å². The Morgan fingerprint density at radius 2 is 1.88 bits per heavy atom. The van der Waals surface area contributed by atoms with Gasteiger partial charge in [-0.05, 0) is 75.8 Å². The highest BCUT2D eigenvalue weighted by Gasteiger charge is 2.48. The summed E-state index contributed by atoms with van der Waals surface area (Å²) in [5.74, 6) is 0.436. The summed E-state index contributed by atoms with van der Waals surface area (Å²) in [4.78, 5) is 32.6. The van der Waals surface area contributed by atoms with Crippen LogP contribution in [-0.2, 0) is 14.9 Å². The van der Waals surface area contributed by atoms with Crippen LogP contribution in [-0.4, -0.2) is 47.9 Å². The van der Waals surface area contributed by atoms with Crippen LogP contribution >= 0.6 is 11.3 Å². The highest BCUT2D eigenvalue weighted by atomic mass is 32.1. The number of aromatic nitrogens is 2. The first-order valence-electron chi connectivity index (χ1n) is 15.0. The van der Waals surface area contributed by atoms with Gasteiger partial charge in [0, 0.05) is 36.8 Å². The number of fused-ring (bicyclic) bond motifs is 4. The Morgan fingerprint density at radius 3 is 2.56 bits per heavy atom. The third-order valence-corrected chi connectivity index (χ3v) is 11.0. The van der Waals surface area contributed by atoms with Crippen molar-refractivity contribution >= 4 is 38.6 Å². The van der Waals surface area contributed by atoms with Crippen molar-refractivity contribution in [3.63, 3.8) is 0 Å². The van der Waals surface area contributed by atoms with Crippen LogP contribution in [0.3, 0.4) is 0 Å². The highest BCUT2D eigenvalue weighted by Crippen LogP contribution is 2.54. The predicted octanol–water partition coefficient (Wildman–Crippen LogP) is 6.91. The van der Waals surface area contributed by atoms with E-state index in [1.54, 1.807) is 6.07 Å². The number of rotatable bonds is 7. The molecule has 10 heteroatoms. The number of nitrogens with zero attached hydrogens (tertiary/aromatic N) is 3. The maximum Gasteiger partial charge on any atom is 0.344 e. The Morgan fingerprint density at radius 1 is 1.12 bits per heavy atom. The molecule has 1 aromatic carbocycles. The lowest BCUT2D eigenvalue weighted by molar-refractivity contribution is 0.0199. The van der Waals surface area contributed by atoms with E-state index in [9.17, 15) is 14.0 Å². The molecule has 8 nitrogen and oxygen atoms in total. The average Bonchev–Trinajstić information content (AvgIpc) is 3.58. The van der Waals surface area contributed by atoms with E-state index in [1.165, 1.54) is 43.8 Å². The fraction of sp³-hybridized carbons (Fsp3) is 0.613. The van der Waals surface area contributed by atoms with Crippen LogP contribution < -0.4 is 4.90 Å². The van der Waals surface area contributed by atoms with Gasteiger partial charge in [-0.15, -0.1) is 0 Å². The first-order chi connectivity index (χ1) is 19.9. The predicted molar refractivity (Wildman–Crippen MR) is 152 cm³/mol. The number of halogens is 1. The summed E-state index contributed by atoms with van der Waals surface area (Å²) in [6.07, 6.45) is 10.8. The molecular formula is C31H36FN3O5S. The van der Waals surface area contributed by atoms with Gasteiger partial charge in [-0.25, -0.2) is 19.0 Å². The Labute approximate surface area is 242 Å². The van der Waals surface area contributed by atoms with Crippen molar-refractivity contribution in [1.82, 2.24) is 10.1 Å². The molecule has 5 aliphatic rings. The summed E-state index contributed by atoms with van der Waals surface area (Å²) >= 11 is 1.37. The minimum Gasteiger partial charge on any atom is -0.465 e. The van der Waals surface area contributed by atoms with Crippen molar-refractivity contribution < 1.29 is 28.0 Å². The smallest absolute Gasteiger partial charge is 0.344 e. The lowest BCUT2D eigenvalue weighted by atomic mass is 9.59. The van der Waals surface area contributed by atoms with Gasteiger partial charge in [0.05, 0.1) is 17.4 Å². The van der Waals surface area contributed by atoms with E-state index in [4.69, 9.17) is 14.0 Å². The molecule has 2 bridgehead atoms. The molecule has 4 saturated carbocycles. The minimum atomic E-state index is -0.577. The van der Waals surface area contributed by atoms with Gasteiger partial charge in [0.15, 0.2) is 16.7 Å². The number of ether oxygens (including phenoxy) is 2. The number of carbonyl (C=O) groups is 2. The normalized spacial score (nSPS) is 27.8. The Hall–Kier alpha value is -3.01. The quantitative estimate of drug-likeness (QED) is 0.278. The molecule has 3 heterocycles. The summed E-state index contributed by atoms with van der Waals surface area (Å²) in [7, 11) is 1.28. The van der Waals surface area contributed by atoms with E-state index >= 15 is 0 Å². The molecule has 0 amide bonds. The molecule has 41 heavy (non-hydrogen) atoms. The molecule has 8 rings (SSSR count). The average molecular weight is 582 g/mol. The lowest BCUT2D eigenvalue weighted by Crippen LogP contribution is -2.45. The summed E-state index contributed by atoms with van der Waals surface area (Å²) in [6.45, 7) is 2.74. The van der Waals surface area contributed by atoms with Crippen LogP contribution in [0.5, 0.6) is 0 Å². The molecule has 1 saturated heterocycles. The van der Waals surface area contributed by atoms with Crippen molar-refractivity contribution in [2.75, 3.05) is 18.6 Å². The summed E-state index contributed by atoms with van der Waals surface area (Å²) in [6, 6.07) is 2.89. The Bertz CT molecular complexity index is 1470. The van der Waals surface area contributed by atoms with E-state index in [0.29, 0.717) is 34.8 Å². The topological polar surface area (TPSA) is 94.8 Å². The van der Waals surface area contributed by atoms with Crippen LogP contribution in [0.25, 0.3) is 10.2 Å². The maximum absolute atomic E-state index is 14.8. The molecule has 2 aromatic heterocycles. The van der Waals surface area contributed by atoms with Crippen LogP contribution in [0.15, 0.2) is 16.7 Å². The summed E-state index contributed by atoms with van der Waals surface area (Å²) in [5, 5.41) is 5.28. The van der Waals surface area contributed by atoms with Gasteiger partial charge in [0.2, 0.25) is 0 Å². The first kappa shape index (κ1) is 26.9. The number of carbonyl (C=O) groups excluding carboxylic acids is 2. The number of esters is 2. The molecule has 0 N–H and O–H groups in total. The van der Waals surface area contributed by atoms with Crippen LogP contribution in [0.4, 0.5) is 9.52 Å². The first-order valence-corrected chi connectivity index (χ1v) is 15.9. The molecular weight excluding hydrogens is 545 g/mol. The third kappa shape index (κ3) is 4.72. The number of hydrogen-bond donors (Lipinski definition) is 0. The number of benzene rings is 1. The fourth-order valence-electron chi connectivity index (χ4n) is 7.40. The van der Waals surface area contributed by atoms with Crippen molar-refractivity contribution in [1.29, 1.82) is 0 Å². The van der Waals surface area contributed by atoms with Crippen molar-refractivity contribution in [2.24, 2.45) is 5.92 Å². The second-order valence-corrected chi connectivity index (χ2v) is 13.4. The van der Waals surface area contributed by atoms with Crippen LogP contribution in [0.1, 0.15) is 116 Å². The number of methoxy groups -OCH3 is 1. The van der Waals surface area contributed by atoms with E-state index < -0.39 is 11.8 Å². The standard InChI is InChI=1S/C31H36FN3O5S/c1-3-20-16-21(9-13-35(20)30-33-25-22(32)14-19(28(36)38-2)15-23(25)41-30)39-29(37)24-26(18-4-5-18)40-34-27(24)31-10-6-17(7-11-31)8-12-31/h14-15,17-18,20-21H,3-13,16H2,1-2H3/t17?,20-,21-,31?/m1/s1. The van der Waals surface area contributed by atoms with Gasteiger partial charge in [-0.1, -0.05) is 23.4 Å². The number of thiazole rings is 1. The highest BCUT2D eigenvalue weighted by molar-refractivity contribution is 7.22. The van der Waals surface area contributed by atoms with Gasteiger partial charge < -0.3 is 18.9 Å². The summed E-state index contributed by atoms with van der Waals surface area (Å²) < 4.78 is 32.3. The SMILES string of the molecule is CC[C@@H]1C[C@H](OC(=O)c2c(C34CCC(CC3)CC4)noc2C2CC2)CCN1c1nc2c(F)cc(C(=O)OC)cc2s1. The largest absolute Gasteiger partial charge is 0.465 e. The maximum atomic E-state index is 14.8. The minimum absolute atomic E-state index is 0.0507. The molecule has 3 aromatic rings. The lowest BCUT2D eigenvalue weighted by Gasteiger charge is -2.45. The van der Waals surface area contributed by atoms with Crippen molar-refractivity contribution in [3.8, 4) is 0 Å². The molecule has 4 aliphatic carbocycles. The molecule has 218 valence electrons. The monoisotopic (exact) mass is 581 g/mol. The molecule has 0 spiro atoms. The number of hydrogen-bond acceptors (Lipinski definition) is 9. The number of anilines is 1. The zero-order chi connectivity index (χ0) is 28.3. The second kappa shape index (κ2) is 10.4. The van der Waals surface area contributed by atoms with Gasteiger partial charge in [-0.3, -0.25) is 0 Å². The zero-order valence-electron chi connectivity index (χ0n) is 23.6. The second-order valence-electron chi connectivity index (χ2n) is 12.4. The molecule has 5 fully saturated rings. The molecule has 0 radical (unpaired) electrons. The number of piperidine rings is 1. The third-order valence-electron chi connectivity index (χ3n) is 9.98. The van der Waals surface area contributed by atoms with Gasteiger partial charge in [0.25, 0.3) is 0 Å². The van der Waals surface area contributed by atoms with Gasteiger partial charge in [0.1, 0.15) is 22.9 Å². The van der Waals surface area contributed by atoms with Crippen molar-refractivity contribution in [3.05, 3.63) is 40.5 Å². The van der Waals surface area contributed by atoms with Crippen LogP contribution in [0, 0.1) is 11.7 Å².